The predicted octanol–water partition coefficient (Wildman–Crippen LogP) is 1.64. The van der Waals surface area contributed by atoms with Crippen LogP contribution in [0.4, 0.5) is 0 Å². The van der Waals surface area contributed by atoms with Crippen LogP contribution in [0, 0.1) is 0 Å². The second-order valence-electron chi connectivity index (χ2n) is 5.22. The molecule has 1 amide bonds. The first kappa shape index (κ1) is 16.2. The normalized spacial score (nSPS) is 11.0. The quantitative estimate of drug-likeness (QED) is 0.776. The highest BCUT2D eigenvalue weighted by Crippen LogP contribution is 2.08. The molecule has 0 fully saturated rings. The van der Waals surface area contributed by atoms with Crippen LogP contribution in [0.2, 0.25) is 0 Å². The number of rotatable bonds is 6. The van der Waals surface area contributed by atoms with E-state index in [4.69, 9.17) is 9.84 Å². The summed E-state index contributed by atoms with van der Waals surface area (Å²) in [4.78, 5) is 23.4. The van der Waals surface area contributed by atoms with E-state index < -0.39 is 5.97 Å². The zero-order valence-electron chi connectivity index (χ0n) is 12.1. The van der Waals surface area contributed by atoms with Crippen LogP contribution in [-0.4, -0.2) is 29.1 Å². The summed E-state index contributed by atoms with van der Waals surface area (Å²) in [5, 5.41) is 11.7. The van der Waals surface area contributed by atoms with E-state index in [2.05, 4.69) is 5.32 Å². The van der Waals surface area contributed by atoms with E-state index in [1.807, 2.05) is 20.8 Å². The number of ether oxygens (including phenoxy) is 1. The van der Waals surface area contributed by atoms with Gasteiger partial charge in [-0.05, 0) is 38.0 Å². The molecule has 1 aromatic rings. The molecule has 0 atom stereocenters. The molecule has 0 heterocycles. The Morgan fingerprint density at radius 3 is 2.35 bits per heavy atom. The minimum atomic E-state index is -0.557. The molecule has 0 aliphatic carbocycles. The summed E-state index contributed by atoms with van der Waals surface area (Å²) < 4.78 is 4.94. The molecule has 20 heavy (non-hydrogen) atoms. The van der Waals surface area contributed by atoms with E-state index >= 15 is 0 Å². The van der Waals surface area contributed by atoms with E-state index in [9.17, 15) is 9.59 Å². The molecule has 0 radical (unpaired) electrons. The van der Waals surface area contributed by atoms with Crippen LogP contribution < -0.4 is 5.32 Å². The molecular weight excluding hydrogens is 258 g/mol. The maximum atomic E-state index is 11.7. The molecule has 0 unspecified atom stereocenters. The third-order valence-corrected chi connectivity index (χ3v) is 3.07. The molecule has 0 saturated carbocycles. The van der Waals surface area contributed by atoms with Crippen molar-refractivity contribution in [2.75, 3.05) is 6.61 Å². The number of carbonyl (C=O) groups excluding carboxylic acids is 2. The van der Waals surface area contributed by atoms with Gasteiger partial charge in [0.1, 0.15) is 0 Å². The fourth-order valence-electron chi connectivity index (χ4n) is 1.46. The zero-order chi connectivity index (χ0) is 15.2. The molecule has 0 spiro atoms. The van der Waals surface area contributed by atoms with E-state index in [-0.39, 0.29) is 24.7 Å². The van der Waals surface area contributed by atoms with Gasteiger partial charge in [-0.15, -0.1) is 0 Å². The van der Waals surface area contributed by atoms with Gasteiger partial charge in [-0.3, -0.25) is 4.79 Å². The molecule has 1 rings (SSSR count). The van der Waals surface area contributed by atoms with E-state index in [0.29, 0.717) is 11.1 Å². The summed E-state index contributed by atoms with van der Waals surface area (Å²) in [6, 6.07) is 6.39. The first-order valence-corrected chi connectivity index (χ1v) is 6.56. The summed E-state index contributed by atoms with van der Waals surface area (Å²) >= 11 is 0. The first-order chi connectivity index (χ1) is 9.38. The molecule has 0 bridgehead atoms. The Kier molecular flexibility index (Phi) is 5.70. The lowest BCUT2D eigenvalue weighted by molar-refractivity contribution is -0.125. The SMILES string of the molecule is CCC(C)(C)NC(=O)COC(=O)c1ccc(CO)cc1. The van der Waals surface area contributed by atoms with Crippen LogP contribution in [0.15, 0.2) is 24.3 Å². The molecule has 5 nitrogen and oxygen atoms in total. The molecule has 1 aromatic carbocycles. The standard InChI is InChI=1S/C15H21NO4/c1-4-15(2,3)16-13(18)10-20-14(19)12-7-5-11(9-17)6-8-12/h5-8,17H,4,9-10H2,1-3H3,(H,16,18). The molecular formula is C15H21NO4. The molecule has 0 aromatic heterocycles. The van der Waals surface area contributed by atoms with Gasteiger partial charge in [0, 0.05) is 5.54 Å². The second kappa shape index (κ2) is 7.05. The first-order valence-electron chi connectivity index (χ1n) is 6.56. The van der Waals surface area contributed by atoms with Crippen molar-refractivity contribution in [1.29, 1.82) is 0 Å². The van der Waals surface area contributed by atoms with Crippen LogP contribution in [-0.2, 0) is 16.1 Å². The molecule has 5 heteroatoms. The fourth-order valence-corrected chi connectivity index (χ4v) is 1.46. The number of aliphatic hydroxyl groups excluding tert-OH is 1. The van der Waals surface area contributed by atoms with Crippen molar-refractivity contribution in [3.63, 3.8) is 0 Å². The van der Waals surface area contributed by atoms with Gasteiger partial charge in [-0.2, -0.15) is 0 Å². The Bertz CT molecular complexity index is 465. The van der Waals surface area contributed by atoms with Crippen LogP contribution in [0.1, 0.15) is 43.1 Å². The number of esters is 1. The van der Waals surface area contributed by atoms with Gasteiger partial charge in [-0.25, -0.2) is 4.79 Å². The van der Waals surface area contributed by atoms with Crippen molar-refractivity contribution in [3.8, 4) is 0 Å². The molecule has 0 aliphatic heterocycles. The average Bonchev–Trinajstić information content (AvgIpc) is 2.44. The summed E-state index contributed by atoms with van der Waals surface area (Å²) in [7, 11) is 0. The van der Waals surface area contributed by atoms with Crippen molar-refractivity contribution >= 4 is 11.9 Å². The highest BCUT2D eigenvalue weighted by Gasteiger charge is 2.18. The molecule has 110 valence electrons. The minimum absolute atomic E-state index is 0.0795. The fraction of sp³-hybridized carbons (Fsp3) is 0.467. The highest BCUT2D eigenvalue weighted by atomic mass is 16.5. The monoisotopic (exact) mass is 279 g/mol. The van der Waals surface area contributed by atoms with Crippen molar-refractivity contribution in [2.45, 2.75) is 39.3 Å². The lowest BCUT2D eigenvalue weighted by Crippen LogP contribution is -2.44. The molecule has 0 saturated heterocycles. The Morgan fingerprint density at radius 1 is 1.25 bits per heavy atom. The topological polar surface area (TPSA) is 75.6 Å². The summed E-state index contributed by atoms with van der Waals surface area (Å²) in [5.74, 6) is -0.879. The van der Waals surface area contributed by atoms with Crippen molar-refractivity contribution in [3.05, 3.63) is 35.4 Å². The van der Waals surface area contributed by atoms with Gasteiger partial charge in [-0.1, -0.05) is 19.1 Å². The molecule has 0 aliphatic rings. The Hall–Kier alpha value is -1.88. The summed E-state index contributed by atoms with van der Waals surface area (Å²) in [6.07, 6.45) is 0.787. The third-order valence-electron chi connectivity index (χ3n) is 3.07. The van der Waals surface area contributed by atoms with Crippen LogP contribution in [0.3, 0.4) is 0 Å². The summed E-state index contributed by atoms with van der Waals surface area (Å²) in [6.45, 7) is 5.39. The number of hydrogen-bond acceptors (Lipinski definition) is 4. The van der Waals surface area contributed by atoms with Crippen LogP contribution >= 0.6 is 0 Å². The second-order valence-corrected chi connectivity index (χ2v) is 5.22. The number of aliphatic hydroxyl groups is 1. The van der Waals surface area contributed by atoms with Gasteiger partial charge in [0.05, 0.1) is 12.2 Å². The Morgan fingerprint density at radius 2 is 1.85 bits per heavy atom. The van der Waals surface area contributed by atoms with Crippen LogP contribution in [0.5, 0.6) is 0 Å². The van der Waals surface area contributed by atoms with Crippen LogP contribution in [0.25, 0.3) is 0 Å². The van der Waals surface area contributed by atoms with Gasteiger partial charge in [0.15, 0.2) is 6.61 Å². The number of hydrogen-bond donors (Lipinski definition) is 2. The number of benzene rings is 1. The van der Waals surface area contributed by atoms with Gasteiger partial charge in [0.25, 0.3) is 5.91 Å². The van der Waals surface area contributed by atoms with Gasteiger partial charge >= 0.3 is 5.97 Å². The Balaban J connectivity index is 2.48. The van der Waals surface area contributed by atoms with Crippen molar-refractivity contribution in [1.82, 2.24) is 5.32 Å². The average molecular weight is 279 g/mol. The minimum Gasteiger partial charge on any atom is -0.452 e. The van der Waals surface area contributed by atoms with Gasteiger partial charge in [0.2, 0.25) is 0 Å². The smallest absolute Gasteiger partial charge is 0.338 e. The lowest BCUT2D eigenvalue weighted by atomic mass is 10.0. The van der Waals surface area contributed by atoms with Crippen molar-refractivity contribution < 1.29 is 19.4 Å². The number of carbonyl (C=O) groups is 2. The number of nitrogens with one attached hydrogen (secondary N) is 1. The largest absolute Gasteiger partial charge is 0.452 e. The predicted molar refractivity (Wildman–Crippen MR) is 75.2 cm³/mol. The van der Waals surface area contributed by atoms with E-state index in [1.54, 1.807) is 24.3 Å². The highest BCUT2D eigenvalue weighted by molar-refractivity contribution is 5.91. The maximum Gasteiger partial charge on any atom is 0.338 e. The Labute approximate surface area is 118 Å². The third kappa shape index (κ3) is 5.01. The molecule has 2 N–H and O–H groups in total. The summed E-state index contributed by atoms with van der Waals surface area (Å²) in [5.41, 5.74) is 0.750. The van der Waals surface area contributed by atoms with Gasteiger partial charge < -0.3 is 15.2 Å². The lowest BCUT2D eigenvalue weighted by Gasteiger charge is -2.24. The zero-order valence-corrected chi connectivity index (χ0v) is 12.1. The van der Waals surface area contributed by atoms with Crippen molar-refractivity contribution in [2.24, 2.45) is 0 Å². The van der Waals surface area contributed by atoms with E-state index in [0.717, 1.165) is 6.42 Å². The number of amides is 1. The van der Waals surface area contributed by atoms with E-state index in [1.165, 1.54) is 0 Å². The maximum absolute atomic E-state index is 11.7.